The van der Waals surface area contributed by atoms with Gasteiger partial charge in [0.25, 0.3) is 0 Å². The number of nitrogens with zero attached hydrogens (tertiary/aromatic N) is 2. The third-order valence-corrected chi connectivity index (χ3v) is 3.74. The molecule has 0 bridgehead atoms. The number of hydrogen-bond acceptors (Lipinski definition) is 3. The number of methoxy groups -OCH3 is 1. The van der Waals surface area contributed by atoms with Crippen molar-refractivity contribution in [1.82, 2.24) is 9.38 Å². The number of rotatable bonds is 4. The number of aromatic nitrogens is 2. The second-order valence-corrected chi connectivity index (χ2v) is 5.35. The van der Waals surface area contributed by atoms with Crippen molar-refractivity contribution in [2.75, 3.05) is 7.11 Å². The molecule has 0 aliphatic carbocycles. The van der Waals surface area contributed by atoms with Crippen LogP contribution in [0, 0.1) is 0 Å². The first-order valence-corrected chi connectivity index (χ1v) is 7.24. The minimum absolute atomic E-state index is 0.316. The highest BCUT2D eigenvalue weighted by atomic mass is 19.4. The van der Waals surface area contributed by atoms with Crippen molar-refractivity contribution in [3.63, 3.8) is 0 Å². The van der Waals surface area contributed by atoms with E-state index in [0.29, 0.717) is 28.3 Å². The van der Waals surface area contributed by atoms with Crippen molar-refractivity contribution in [3.05, 3.63) is 53.9 Å². The number of carboxylic acids is 1. The fourth-order valence-corrected chi connectivity index (χ4v) is 2.56. The molecule has 1 aromatic carbocycles. The summed E-state index contributed by atoms with van der Waals surface area (Å²) in [6.45, 7) is 0. The number of alkyl halides is 3. The van der Waals surface area contributed by atoms with Crippen molar-refractivity contribution in [2.45, 2.75) is 12.6 Å². The zero-order valence-corrected chi connectivity index (χ0v) is 13.0. The molecule has 2 heterocycles. The van der Waals surface area contributed by atoms with Crippen molar-refractivity contribution in [2.24, 2.45) is 0 Å². The standard InChI is InChI=1S/C17H13F3N2O3/c1-25-12-6-7-22-13(9-15(23)24)16(21-14(22)8-12)10-2-4-11(5-3-10)17(18,19)20/h2-8H,9H2,1H3,(H,23,24). The first-order chi connectivity index (χ1) is 11.8. The number of halogens is 3. The molecule has 130 valence electrons. The predicted molar refractivity (Wildman–Crippen MR) is 83.5 cm³/mol. The maximum Gasteiger partial charge on any atom is 0.416 e. The van der Waals surface area contributed by atoms with E-state index >= 15 is 0 Å². The average molecular weight is 350 g/mol. The summed E-state index contributed by atoms with van der Waals surface area (Å²) in [6, 6.07) is 7.74. The molecule has 0 saturated heterocycles. The van der Waals surface area contributed by atoms with E-state index in [1.165, 1.54) is 19.2 Å². The van der Waals surface area contributed by atoms with E-state index in [2.05, 4.69) is 4.98 Å². The Hall–Kier alpha value is -3.03. The van der Waals surface area contributed by atoms with Crippen LogP contribution in [0.5, 0.6) is 5.75 Å². The summed E-state index contributed by atoms with van der Waals surface area (Å²) in [7, 11) is 1.49. The molecule has 0 spiro atoms. The van der Waals surface area contributed by atoms with E-state index in [1.54, 1.807) is 22.7 Å². The molecule has 2 aromatic heterocycles. The van der Waals surface area contributed by atoms with Gasteiger partial charge in [-0.25, -0.2) is 4.98 Å². The van der Waals surface area contributed by atoms with Gasteiger partial charge < -0.3 is 14.2 Å². The number of hydrogen-bond donors (Lipinski definition) is 1. The third-order valence-electron chi connectivity index (χ3n) is 3.74. The molecule has 5 nitrogen and oxygen atoms in total. The van der Waals surface area contributed by atoms with Crippen LogP contribution in [0.4, 0.5) is 13.2 Å². The summed E-state index contributed by atoms with van der Waals surface area (Å²) in [5.74, 6) is -0.524. The van der Waals surface area contributed by atoms with Crippen molar-refractivity contribution in [1.29, 1.82) is 0 Å². The molecule has 0 radical (unpaired) electrons. The first-order valence-electron chi connectivity index (χ1n) is 7.24. The second kappa shape index (κ2) is 6.12. The summed E-state index contributed by atoms with van der Waals surface area (Å²) >= 11 is 0. The summed E-state index contributed by atoms with van der Waals surface area (Å²) < 4.78 is 44.8. The molecule has 0 fully saturated rings. The van der Waals surface area contributed by atoms with Gasteiger partial charge in [-0.3, -0.25) is 4.79 Å². The van der Waals surface area contributed by atoms with Crippen LogP contribution >= 0.6 is 0 Å². The molecular weight excluding hydrogens is 337 g/mol. The van der Waals surface area contributed by atoms with Gasteiger partial charge in [-0.2, -0.15) is 13.2 Å². The molecule has 3 aromatic rings. The Kier molecular flexibility index (Phi) is 4.12. The lowest BCUT2D eigenvalue weighted by atomic mass is 10.1. The van der Waals surface area contributed by atoms with Crippen LogP contribution < -0.4 is 4.74 Å². The van der Waals surface area contributed by atoms with Crippen LogP contribution in [0.1, 0.15) is 11.3 Å². The number of imidazole rings is 1. The molecule has 0 atom stereocenters. The summed E-state index contributed by atoms with van der Waals surface area (Å²) in [5, 5.41) is 9.15. The van der Waals surface area contributed by atoms with Crippen LogP contribution in [0.15, 0.2) is 42.6 Å². The van der Waals surface area contributed by atoms with Crippen LogP contribution in [-0.4, -0.2) is 27.6 Å². The normalized spacial score (nSPS) is 11.7. The Morgan fingerprint density at radius 3 is 2.48 bits per heavy atom. The number of carbonyl (C=O) groups is 1. The van der Waals surface area contributed by atoms with Gasteiger partial charge >= 0.3 is 12.1 Å². The SMILES string of the molecule is COc1ccn2c(CC(=O)O)c(-c3ccc(C(F)(F)F)cc3)nc2c1. The zero-order valence-electron chi connectivity index (χ0n) is 13.0. The van der Waals surface area contributed by atoms with Gasteiger partial charge in [-0.15, -0.1) is 0 Å². The Bertz CT molecular complexity index is 931. The molecule has 25 heavy (non-hydrogen) atoms. The molecule has 8 heteroatoms. The number of benzene rings is 1. The monoisotopic (exact) mass is 350 g/mol. The molecule has 0 saturated carbocycles. The Morgan fingerprint density at radius 1 is 1.24 bits per heavy atom. The molecule has 0 aliphatic heterocycles. The van der Waals surface area contributed by atoms with Crippen LogP contribution in [-0.2, 0) is 17.4 Å². The minimum Gasteiger partial charge on any atom is -0.497 e. The molecule has 0 unspecified atom stereocenters. The maximum atomic E-state index is 12.7. The molecular formula is C17H13F3N2O3. The quantitative estimate of drug-likeness (QED) is 0.780. The van der Waals surface area contributed by atoms with Crippen LogP contribution in [0.2, 0.25) is 0 Å². The van der Waals surface area contributed by atoms with Crippen LogP contribution in [0.3, 0.4) is 0 Å². The van der Waals surface area contributed by atoms with Gasteiger partial charge in [0.1, 0.15) is 11.4 Å². The lowest BCUT2D eigenvalue weighted by molar-refractivity contribution is -0.138. The first kappa shape index (κ1) is 16.8. The van der Waals surface area contributed by atoms with E-state index in [4.69, 9.17) is 9.84 Å². The van der Waals surface area contributed by atoms with E-state index in [-0.39, 0.29) is 6.42 Å². The molecule has 0 aliphatic rings. The topological polar surface area (TPSA) is 63.8 Å². The number of ether oxygens (including phenoxy) is 1. The third kappa shape index (κ3) is 3.28. The molecule has 3 rings (SSSR count). The highest BCUT2D eigenvalue weighted by Crippen LogP contribution is 2.32. The number of fused-ring (bicyclic) bond motifs is 1. The maximum absolute atomic E-state index is 12.7. The Balaban J connectivity index is 2.15. The van der Waals surface area contributed by atoms with Gasteiger partial charge in [0, 0.05) is 17.8 Å². The van der Waals surface area contributed by atoms with Crippen molar-refractivity contribution in [3.8, 4) is 17.0 Å². The predicted octanol–water partition coefficient (Wildman–Crippen LogP) is 3.66. The number of carboxylic acid groups (broad SMARTS) is 1. The highest BCUT2D eigenvalue weighted by Gasteiger charge is 2.30. The molecule has 1 N–H and O–H groups in total. The Labute approximate surface area is 140 Å². The summed E-state index contributed by atoms with van der Waals surface area (Å²) in [6.07, 6.45) is -3.13. The van der Waals surface area contributed by atoms with E-state index < -0.39 is 17.7 Å². The Morgan fingerprint density at radius 2 is 1.92 bits per heavy atom. The average Bonchev–Trinajstić information content (AvgIpc) is 2.91. The van der Waals surface area contributed by atoms with Crippen molar-refractivity contribution >= 4 is 11.6 Å². The second-order valence-electron chi connectivity index (χ2n) is 5.35. The fourth-order valence-electron chi connectivity index (χ4n) is 2.56. The van der Waals surface area contributed by atoms with Gasteiger partial charge in [0.2, 0.25) is 0 Å². The lowest BCUT2D eigenvalue weighted by Gasteiger charge is -2.07. The molecule has 0 amide bonds. The van der Waals surface area contributed by atoms with Crippen molar-refractivity contribution < 1.29 is 27.8 Å². The number of pyridine rings is 1. The highest BCUT2D eigenvalue weighted by molar-refractivity contribution is 5.76. The van der Waals surface area contributed by atoms with Crippen LogP contribution in [0.25, 0.3) is 16.9 Å². The smallest absolute Gasteiger partial charge is 0.416 e. The van der Waals surface area contributed by atoms with E-state index in [9.17, 15) is 18.0 Å². The van der Waals surface area contributed by atoms with E-state index in [1.807, 2.05) is 0 Å². The zero-order chi connectivity index (χ0) is 18.2. The fraction of sp³-hybridized carbons (Fsp3) is 0.176. The van der Waals surface area contributed by atoms with Gasteiger partial charge in [-0.1, -0.05) is 12.1 Å². The summed E-state index contributed by atoms with van der Waals surface area (Å²) in [4.78, 5) is 15.6. The minimum atomic E-state index is -4.44. The van der Waals surface area contributed by atoms with Gasteiger partial charge in [-0.05, 0) is 18.2 Å². The summed E-state index contributed by atoms with van der Waals surface area (Å²) in [5.41, 5.74) is 0.785. The van der Waals surface area contributed by atoms with Gasteiger partial charge in [0.05, 0.1) is 30.5 Å². The number of aliphatic carboxylic acids is 1. The largest absolute Gasteiger partial charge is 0.497 e. The van der Waals surface area contributed by atoms with E-state index in [0.717, 1.165) is 12.1 Å². The lowest BCUT2D eigenvalue weighted by Crippen LogP contribution is -2.05. The van der Waals surface area contributed by atoms with Gasteiger partial charge in [0.15, 0.2) is 0 Å².